The van der Waals surface area contributed by atoms with Crippen molar-refractivity contribution in [2.75, 3.05) is 20.3 Å². The fraction of sp³-hybridized carbons (Fsp3) is 0.241. The third-order valence-electron chi connectivity index (χ3n) is 6.12. The van der Waals surface area contributed by atoms with E-state index in [2.05, 4.69) is 5.32 Å². The second-order valence-corrected chi connectivity index (χ2v) is 10.5. The number of allylic oxidation sites excluding steroid dienone is 1. The van der Waals surface area contributed by atoms with Crippen molar-refractivity contribution in [1.82, 2.24) is 9.62 Å². The topological polar surface area (TPSA) is 102 Å². The Bertz CT molecular complexity index is 1430. The van der Waals surface area contributed by atoms with Crippen LogP contribution in [0.25, 0.3) is 5.70 Å². The van der Waals surface area contributed by atoms with Gasteiger partial charge in [-0.25, -0.2) is 8.42 Å². The summed E-state index contributed by atoms with van der Waals surface area (Å²) >= 11 is 0. The molecule has 0 aromatic heterocycles. The summed E-state index contributed by atoms with van der Waals surface area (Å²) in [5, 5.41) is 2.79. The summed E-state index contributed by atoms with van der Waals surface area (Å²) in [5.41, 5.74) is 0.642. The van der Waals surface area contributed by atoms with Gasteiger partial charge in [-0.1, -0.05) is 68.3 Å². The number of rotatable bonds is 11. The van der Waals surface area contributed by atoms with Gasteiger partial charge in [-0.2, -0.15) is 0 Å². The summed E-state index contributed by atoms with van der Waals surface area (Å²) in [6.45, 7) is 1.79. The molecule has 9 heteroatoms. The van der Waals surface area contributed by atoms with Gasteiger partial charge in [-0.05, 0) is 36.8 Å². The van der Waals surface area contributed by atoms with Crippen LogP contribution >= 0.6 is 0 Å². The second-order valence-electron chi connectivity index (χ2n) is 8.71. The van der Waals surface area contributed by atoms with Gasteiger partial charge >= 0.3 is 0 Å². The van der Waals surface area contributed by atoms with Crippen LogP contribution in [0.1, 0.15) is 42.1 Å². The highest BCUT2D eigenvalue weighted by Crippen LogP contribution is 2.37. The highest BCUT2D eigenvalue weighted by Gasteiger charge is 2.40. The van der Waals surface area contributed by atoms with E-state index in [1.54, 1.807) is 79.9 Å². The molecular weight excluding hydrogens is 504 g/mol. The van der Waals surface area contributed by atoms with Crippen LogP contribution in [-0.2, 0) is 14.8 Å². The first kappa shape index (κ1) is 26.9. The molecule has 0 fully saturated rings. The van der Waals surface area contributed by atoms with E-state index in [-0.39, 0.29) is 35.0 Å². The Kier molecular flexibility index (Phi) is 8.48. The minimum atomic E-state index is -4.04. The zero-order valence-electron chi connectivity index (χ0n) is 21.3. The molecule has 0 saturated heterocycles. The van der Waals surface area contributed by atoms with Gasteiger partial charge in [0, 0.05) is 17.7 Å². The molecule has 0 unspecified atom stereocenters. The molecule has 0 spiro atoms. The van der Waals surface area contributed by atoms with Crippen LogP contribution in [0.15, 0.2) is 89.5 Å². The number of amides is 1. The smallest absolute Gasteiger partial charge is 0.265 e. The average Bonchev–Trinajstić information content (AvgIpc) is 2.95. The quantitative estimate of drug-likeness (QED) is 0.284. The molecule has 3 aromatic carbocycles. The molecule has 1 aliphatic heterocycles. The first-order chi connectivity index (χ1) is 18.4. The lowest BCUT2D eigenvalue weighted by Gasteiger charge is -2.33. The summed E-state index contributed by atoms with van der Waals surface area (Å²) < 4.78 is 39.4. The van der Waals surface area contributed by atoms with E-state index < -0.39 is 21.7 Å². The maximum absolute atomic E-state index is 13.8. The lowest BCUT2D eigenvalue weighted by molar-refractivity contribution is -0.121. The predicted octanol–water partition coefficient (Wildman–Crippen LogP) is 4.64. The van der Waals surface area contributed by atoms with Crippen molar-refractivity contribution < 1.29 is 27.5 Å². The fourth-order valence-corrected chi connectivity index (χ4v) is 5.92. The minimum Gasteiger partial charge on any atom is -0.497 e. The number of benzene rings is 3. The van der Waals surface area contributed by atoms with Gasteiger partial charge in [0.05, 0.1) is 17.7 Å². The highest BCUT2D eigenvalue weighted by molar-refractivity contribution is 7.89. The molecule has 0 bridgehead atoms. The van der Waals surface area contributed by atoms with Crippen molar-refractivity contribution in [3.05, 3.63) is 95.7 Å². The number of carbonyl (C=O) groups is 2. The summed E-state index contributed by atoms with van der Waals surface area (Å²) in [4.78, 5) is 26.9. The number of fused-ring (bicyclic) bond motifs is 1. The number of Topliss-reactive ketones (excluding diaryl/α,β-unsaturated/α-hetero) is 1. The van der Waals surface area contributed by atoms with Crippen molar-refractivity contribution in [2.24, 2.45) is 0 Å². The monoisotopic (exact) mass is 534 g/mol. The molecule has 1 heterocycles. The van der Waals surface area contributed by atoms with E-state index >= 15 is 0 Å². The lowest BCUT2D eigenvalue weighted by Crippen LogP contribution is -2.42. The zero-order chi connectivity index (χ0) is 27.1. The maximum atomic E-state index is 13.8. The largest absolute Gasteiger partial charge is 0.497 e. The van der Waals surface area contributed by atoms with Crippen molar-refractivity contribution in [1.29, 1.82) is 0 Å². The van der Waals surface area contributed by atoms with Gasteiger partial charge in [0.15, 0.2) is 6.61 Å². The van der Waals surface area contributed by atoms with E-state index in [0.717, 1.165) is 17.1 Å². The molecule has 4 rings (SSSR count). The standard InChI is InChI=1S/C29H30N2O6S/c1-3-4-10-19-31-28(29(33)21-11-6-5-7-12-21)27(24-13-8-9-14-25(24)38(31,34)35)30-26(32)20-37-23-17-15-22(36-2)16-18-23/h5-9,11-18H,3-4,10,19-20H2,1-2H3,(H,30,32). The molecule has 0 atom stereocenters. The lowest BCUT2D eigenvalue weighted by atomic mass is 10.0. The number of unbranched alkanes of at least 4 members (excludes halogenated alkanes) is 2. The summed E-state index contributed by atoms with van der Waals surface area (Å²) in [5.74, 6) is 0.0888. The van der Waals surface area contributed by atoms with E-state index in [1.807, 2.05) is 6.92 Å². The summed E-state index contributed by atoms with van der Waals surface area (Å²) in [7, 11) is -2.48. The van der Waals surface area contributed by atoms with Crippen LogP contribution in [0.3, 0.4) is 0 Å². The third-order valence-corrected chi connectivity index (χ3v) is 7.98. The van der Waals surface area contributed by atoms with Gasteiger partial charge < -0.3 is 14.8 Å². The number of sulfonamides is 1. The minimum absolute atomic E-state index is 0.0347. The number of ketones is 1. The molecule has 1 aliphatic rings. The van der Waals surface area contributed by atoms with Crippen LogP contribution in [0.2, 0.25) is 0 Å². The average molecular weight is 535 g/mol. The molecule has 8 nitrogen and oxygen atoms in total. The van der Waals surface area contributed by atoms with E-state index in [1.165, 1.54) is 6.07 Å². The molecular formula is C29H30N2O6S. The first-order valence-electron chi connectivity index (χ1n) is 12.4. The van der Waals surface area contributed by atoms with Gasteiger partial charge in [0.25, 0.3) is 15.9 Å². The van der Waals surface area contributed by atoms with Gasteiger partial charge in [0.2, 0.25) is 5.78 Å². The number of nitrogens with one attached hydrogen (secondary N) is 1. The van der Waals surface area contributed by atoms with Gasteiger partial charge in [0.1, 0.15) is 17.2 Å². The van der Waals surface area contributed by atoms with Gasteiger partial charge in [-0.3, -0.25) is 13.9 Å². The molecule has 1 N–H and O–H groups in total. The number of ether oxygens (including phenoxy) is 2. The Morgan fingerprint density at radius 1 is 0.868 bits per heavy atom. The van der Waals surface area contributed by atoms with Crippen LogP contribution in [-0.4, -0.2) is 44.7 Å². The Morgan fingerprint density at radius 2 is 1.53 bits per heavy atom. The van der Waals surface area contributed by atoms with E-state index in [0.29, 0.717) is 23.5 Å². The molecule has 0 radical (unpaired) electrons. The van der Waals surface area contributed by atoms with Crippen LogP contribution in [0, 0.1) is 0 Å². The van der Waals surface area contributed by atoms with Crippen molar-refractivity contribution in [3.63, 3.8) is 0 Å². The third kappa shape index (κ3) is 5.73. The molecule has 1 amide bonds. The predicted molar refractivity (Wildman–Crippen MR) is 144 cm³/mol. The molecule has 0 saturated carbocycles. The number of nitrogens with zero attached hydrogens (tertiary/aromatic N) is 1. The number of carbonyl (C=O) groups excluding carboxylic acids is 2. The first-order valence-corrected chi connectivity index (χ1v) is 13.8. The van der Waals surface area contributed by atoms with Crippen molar-refractivity contribution in [3.8, 4) is 11.5 Å². The van der Waals surface area contributed by atoms with Crippen LogP contribution < -0.4 is 14.8 Å². The van der Waals surface area contributed by atoms with Crippen molar-refractivity contribution in [2.45, 2.75) is 31.1 Å². The zero-order valence-corrected chi connectivity index (χ0v) is 22.2. The Morgan fingerprint density at radius 3 is 2.21 bits per heavy atom. The summed E-state index contributed by atoms with van der Waals surface area (Å²) in [6.07, 6.45) is 2.23. The van der Waals surface area contributed by atoms with Crippen molar-refractivity contribution >= 4 is 27.4 Å². The summed E-state index contributed by atoms with van der Waals surface area (Å²) in [6, 6.07) is 21.6. The van der Waals surface area contributed by atoms with Crippen LogP contribution in [0.5, 0.6) is 11.5 Å². The molecule has 0 aliphatic carbocycles. The maximum Gasteiger partial charge on any atom is 0.265 e. The van der Waals surface area contributed by atoms with E-state index in [4.69, 9.17) is 9.47 Å². The fourth-order valence-electron chi connectivity index (χ4n) is 4.20. The normalized spacial score (nSPS) is 14.0. The molecule has 38 heavy (non-hydrogen) atoms. The van der Waals surface area contributed by atoms with Gasteiger partial charge in [-0.15, -0.1) is 0 Å². The second kappa shape index (κ2) is 12.0. The molecule has 198 valence electrons. The number of hydrogen-bond acceptors (Lipinski definition) is 6. The number of methoxy groups -OCH3 is 1. The highest BCUT2D eigenvalue weighted by atomic mass is 32.2. The number of hydrogen-bond donors (Lipinski definition) is 1. The molecule has 3 aromatic rings. The Balaban J connectivity index is 1.75. The Hall–Kier alpha value is -4.11. The van der Waals surface area contributed by atoms with E-state index in [9.17, 15) is 18.0 Å². The Labute approximate surface area is 222 Å². The SMILES string of the molecule is CCCCCN1C(C(=O)c2ccccc2)=C(NC(=O)COc2ccc(OC)cc2)c2ccccc2S1(=O)=O. The van der Waals surface area contributed by atoms with Crippen LogP contribution in [0.4, 0.5) is 0 Å².